The lowest BCUT2D eigenvalue weighted by Gasteiger charge is -2.23. The first kappa shape index (κ1) is 18.5. The number of hydrogen-bond acceptors (Lipinski definition) is 3. The average Bonchev–Trinajstić information content (AvgIpc) is 3.09. The molecule has 0 aromatic heterocycles. The van der Waals surface area contributed by atoms with E-state index in [0.29, 0.717) is 22.4 Å². The maximum absolute atomic E-state index is 13.1. The lowest BCUT2D eigenvalue weighted by atomic mass is 10.1. The van der Waals surface area contributed by atoms with E-state index in [2.05, 4.69) is 5.32 Å². The first-order valence-corrected chi connectivity index (χ1v) is 9.40. The molecule has 2 amide bonds. The summed E-state index contributed by atoms with van der Waals surface area (Å²) in [7, 11) is 0. The van der Waals surface area contributed by atoms with Crippen LogP contribution in [0.25, 0.3) is 0 Å². The van der Waals surface area contributed by atoms with Crippen LogP contribution in [0.3, 0.4) is 0 Å². The third-order valence-corrected chi connectivity index (χ3v) is 5.07. The first-order chi connectivity index (χ1) is 14.1. The van der Waals surface area contributed by atoms with Crippen molar-refractivity contribution in [3.8, 4) is 6.07 Å². The Kier molecular flexibility index (Phi) is 4.84. The zero-order valence-corrected chi connectivity index (χ0v) is 15.9. The Labute approximate surface area is 169 Å². The van der Waals surface area contributed by atoms with Crippen molar-refractivity contribution in [2.75, 3.05) is 10.2 Å². The van der Waals surface area contributed by atoms with Crippen molar-refractivity contribution >= 4 is 23.2 Å². The van der Waals surface area contributed by atoms with Crippen LogP contribution in [0.4, 0.5) is 11.4 Å². The number of anilines is 2. The van der Waals surface area contributed by atoms with Gasteiger partial charge in [-0.25, -0.2) is 0 Å². The molecule has 1 atom stereocenters. The highest BCUT2D eigenvalue weighted by molar-refractivity contribution is 6.09. The predicted octanol–water partition coefficient (Wildman–Crippen LogP) is 4.40. The Bertz CT molecular complexity index is 1130. The maximum Gasteiger partial charge on any atom is 0.258 e. The van der Waals surface area contributed by atoms with Crippen LogP contribution in [0.2, 0.25) is 0 Å². The summed E-state index contributed by atoms with van der Waals surface area (Å²) in [5, 5.41) is 11.7. The number of nitrogens with zero attached hydrogens (tertiary/aromatic N) is 2. The van der Waals surface area contributed by atoms with Crippen molar-refractivity contribution in [1.82, 2.24) is 0 Å². The van der Waals surface area contributed by atoms with Gasteiger partial charge in [0, 0.05) is 28.5 Å². The molecule has 0 fully saturated rings. The number of nitriles is 1. The molecule has 1 N–H and O–H groups in total. The number of nitrogens with one attached hydrogen (secondary N) is 1. The van der Waals surface area contributed by atoms with Crippen molar-refractivity contribution in [2.45, 2.75) is 19.4 Å². The zero-order valence-electron chi connectivity index (χ0n) is 15.9. The van der Waals surface area contributed by atoms with Crippen LogP contribution < -0.4 is 10.2 Å². The second-order valence-electron chi connectivity index (χ2n) is 7.08. The van der Waals surface area contributed by atoms with Crippen LogP contribution in [0.5, 0.6) is 0 Å². The number of benzene rings is 3. The Morgan fingerprint density at radius 3 is 2.48 bits per heavy atom. The SMILES string of the molecule is CC1Cc2ccccc2N1C(=O)c1ccc(C(=O)Nc2cccc(C#N)c2)cc1. The van der Waals surface area contributed by atoms with Crippen LogP contribution in [0.1, 0.15) is 38.8 Å². The second kappa shape index (κ2) is 7.61. The minimum Gasteiger partial charge on any atom is -0.322 e. The predicted molar refractivity (Wildman–Crippen MR) is 112 cm³/mol. The molecule has 5 heteroatoms. The summed E-state index contributed by atoms with van der Waals surface area (Å²) in [6.45, 7) is 2.04. The lowest BCUT2D eigenvalue weighted by molar-refractivity contribution is 0.0978. The molecule has 0 saturated heterocycles. The molecule has 1 heterocycles. The summed E-state index contributed by atoms with van der Waals surface area (Å²) in [5.74, 6) is -0.366. The summed E-state index contributed by atoms with van der Waals surface area (Å²) >= 11 is 0. The topological polar surface area (TPSA) is 73.2 Å². The maximum atomic E-state index is 13.1. The van der Waals surface area contributed by atoms with Crippen molar-refractivity contribution in [3.63, 3.8) is 0 Å². The smallest absolute Gasteiger partial charge is 0.258 e. The summed E-state index contributed by atoms with van der Waals surface area (Å²) < 4.78 is 0. The van der Waals surface area contributed by atoms with Crippen LogP contribution in [-0.2, 0) is 6.42 Å². The lowest BCUT2D eigenvalue weighted by Crippen LogP contribution is -2.35. The minimum absolute atomic E-state index is 0.0730. The van der Waals surface area contributed by atoms with Gasteiger partial charge >= 0.3 is 0 Å². The molecule has 3 aromatic rings. The molecule has 1 aliphatic heterocycles. The second-order valence-corrected chi connectivity index (χ2v) is 7.08. The highest BCUT2D eigenvalue weighted by Crippen LogP contribution is 2.33. The van der Waals surface area contributed by atoms with Gasteiger partial charge in [-0.15, -0.1) is 0 Å². The quantitative estimate of drug-likeness (QED) is 0.731. The number of para-hydroxylation sites is 1. The van der Waals surface area contributed by atoms with Gasteiger partial charge < -0.3 is 10.2 Å². The van der Waals surface area contributed by atoms with E-state index in [-0.39, 0.29) is 17.9 Å². The number of fused-ring (bicyclic) bond motifs is 1. The molecule has 0 saturated carbocycles. The largest absolute Gasteiger partial charge is 0.322 e. The standard InChI is InChI=1S/C24H19N3O2/c1-16-13-20-6-2-3-8-22(20)27(16)24(29)19-11-9-18(10-12-19)23(28)26-21-7-4-5-17(14-21)15-25/h2-12,14,16H,13H2,1H3,(H,26,28). The highest BCUT2D eigenvalue weighted by Gasteiger charge is 2.31. The third kappa shape index (κ3) is 3.61. The van der Waals surface area contributed by atoms with E-state index >= 15 is 0 Å². The number of hydrogen-bond donors (Lipinski definition) is 1. The summed E-state index contributed by atoms with van der Waals surface area (Å²) in [5.41, 5.74) is 4.13. The highest BCUT2D eigenvalue weighted by atomic mass is 16.2. The van der Waals surface area contributed by atoms with E-state index < -0.39 is 0 Å². The Morgan fingerprint density at radius 1 is 1.00 bits per heavy atom. The van der Waals surface area contributed by atoms with E-state index in [0.717, 1.165) is 12.1 Å². The fourth-order valence-corrected chi connectivity index (χ4v) is 3.65. The molecule has 29 heavy (non-hydrogen) atoms. The molecule has 3 aromatic carbocycles. The average molecular weight is 381 g/mol. The Morgan fingerprint density at radius 2 is 1.72 bits per heavy atom. The summed E-state index contributed by atoms with van der Waals surface area (Å²) in [6.07, 6.45) is 0.837. The molecule has 0 bridgehead atoms. The molecule has 0 spiro atoms. The van der Waals surface area contributed by atoms with Crippen LogP contribution in [-0.4, -0.2) is 17.9 Å². The van der Waals surface area contributed by atoms with Crippen LogP contribution >= 0.6 is 0 Å². The minimum atomic E-state index is -0.293. The monoisotopic (exact) mass is 381 g/mol. The van der Waals surface area contributed by atoms with Gasteiger partial charge in [0.25, 0.3) is 11.8 Å². The first-order valence-electron chi connectivity index (χ1n) is 9.40. The van der Waals surface area contributed by atoms with Crippen molar-refractivity contribution in [1.29, 1.82) is 5.26 Å². The van der Waals surface area contributed by atoms with Crippen molar-refractivity contribution < 1.29 is 9.59 Å². The van der Waals surface area contributed by atoms with Crippen molar-refractivity contribution in [3.05, 3.63) is 95.1 Å². The van der Waals surface area contributed by atoms with Gasteiger partial charge in [-0.05, 0) is 67.4 Å². The van der Waals surface area contributed by atoms with E-state index in [1.807, 2.05) is 42.2 Å². The van der Waals surface area contributed by atoms with Crippen LogP contribution in [0, 0.1) is 11.3 Å². The Hall–Kier alpha value is -3.91. The molecule has 5 nitrogen and oxygen atoms in total. The molecule has 0 radical (unpaired) electrons. The molecular formula is C24H19N3O2. The van der Waals surface area contributed by atoms with Gasteiger partial charge in [0.2, 0.25) is 0 Å². The van der Waals surface area contributed by atoms with Gasteiger partial charge in [0.1, 0.15) is 0 Å². The van der Waals surface area contributed by atoms with Crippen molar-refractivity contribution in [2.24, 2.45) is 0 Å². The van der Waals surface area contributed by atoms with E-state index in [4.69, 9.17) is 5.26 Å². The van der Waals surface area contributed by atoms with Gasteiger partial charge in [0.15, 0.2) is 0 Å². The molecule has 142 valence electrons. The molecule has 1 aliphatic rings. The zero-order chi connectivity index (χ0) is 20.4. The number of amides is 2. The third-order valence-electron chi connectivity index (χ3n) is 5.07. The molecule has 1 unspecified atom stereocenters. The van der Waals surface area contributed by atoms with Gasteiger partial charge in [-0.1, -0.05) is 24.3 Å². The fraction of sp³-hybridized carbons (Fsp3) is 0.125. The van der Waals surface area contributed by atoms with Gasteiger partial charge in [0.05, 0.1) is 11.6 Å². The molecule has 0 aliphatic carbocycles. The fourth-order valence-electron chi connectivity index (χ4n) is 3.65. The van der Waals surface area contributed by atoms with Gasteiger partial charge in [-0.3, -0.25) is 9.59 Å². The van der Waals surface area contributed by atoms with E-state index in [9.17, 15) is 9.59 Å². The molecule has 4 rings (SSSR count). The summed E-state index contributed by atoms with van der Waals surface area (Å²) in [4.78, 5) is 27.4. The van der Waals surface area contributed by atoms with Gasteiger partial charge in [-0.2, -0.15) is 5.26 Å². The Balaban J connectivity index is 1.51. The molecular weight excluding hydrogens is 362 g/mol. The number of rotatable bonds is 3. The van der Waals surface area contributed by atoms with E-state index in [1.165, 1.54) is 5.56 Å². The van der Waals surface area contributed by atoms with E-state index in [1.54, 1.807) is 48.5 Å². The normalized spacial score (nSPS) is 14.8. The van der Waals surface area contributed by atoms with Crippen LogP contribution in [0.15, 0.2) is 72.8 Å². The number of carbonyl (C=O) groups is 2. The number of carbonyl (C=O) groups excluding carboxylic acids is 2. The summed E-state index contributed by atoms with van der Waals surface area (Å²) in [6, 6.07) is 23.4.